The van der Waals surface area contributed by atoms with E-state index < -0.39 is 35.9 Å². The van der Waals surface area contributed by atoms with Crippen molar-refractivity contribution in [1.29, 1.82) is 0 Å². The summed E-state index contributed by atoms with van der Waals surface area (Å²) in [6.07, 6.45) is 8.81. The van der Waals surface area contributed by atoms with Crippen LogP contribution in [0.4, 0.5) is 22.0 Å². The molecule has 2 aromatic rings. The smallest absolute Gasteiger partial charge is 0.228 e. The normalized spacial score (nSPS) is 25.4. The maximum atomic E-state index is 15.1. The van der Waals surface area contributed by atoms with Crippen LogP contribution in [0.3, 0.4) is 0 Å². The third-order valence-electron chi connectivity index (χ3n) is 7.94. The van der Waals surface area contributed by atoms with Crippen molar-refractivity contribution >= 4 is 0 Å². The van der Waals surface area contributed by atoms with Gasteiger partial charge in [0.05, 0.1) is 0 Å². The standard InChI is InChI=1S/C28H33F5O/c1-2-3-17-4-6-18(7-5-17)21-12-23(30)27(24(31)13-21)20-10-8-19(9-11-20)22-14-25(32)28(34-16-29)26(33)15-22/h12-15,17-20H,2-11,16H2,1H3. The third-order valence-corrected chi connectivity index (χ3v) is 7.94. The Hall–Kier alpha value is -2.11. The van der Waals surface area contributed by atoms with Crippen molar-refractivity contribution in [2.75, 3.05) is 6.86 Å². The van der Waals surface area contributed by atoms with Crippen LogP contribution >= 0.6 is 0 Å². The molecular weight excluding hydrogens is 447 g/mol. The first kappa shape index (κ1) is 25.0. The molecule has 2 aliphatic rings. The van der Waals surface area contributed by atoms with Gasteiger partial charge in [-0.05, 0) is 110 Å². The fraction of sp³-hybridized carbons (Fsp3) is 0.571. The second-order valence-electron chi connectivity index (χ2n) is 10.0. The summed E-state index contributed by atoms with van der Waals surface area (Å²) >= 11 is 0. The molecule has 2 saturated carbocycles. The van der Waals surface area contributed by atoms with E-state index in [1.54, 1.807) is 0 Å². The van der Waals surface area contributed by atoms with Gasteiger partial charge in [-0.2, -0.15) is 0 Å². The summed E-state index contributed by atoms with van der Waals surface area (Å²) in [6, 6.07) is 5.40. The Balaban J connectivity index is 1.42. The van der Waals surface area contributed by atoms with E-state index in [1.165, 1.54) is 37.1 Å². The van der Waals surface area contributed by atoms with Gasteiger partial charge in [-0.25, -0.2) is 22.0 Å². The van der Waals surface area contributed by atoms with Crippen molar-refractivity contribution in [2.45, 2.75) is 88.9 Å². The van der Waals surface area contributed by atoms with E-state index in [4.69, 9.17) is 0 Å². The lowest BCUT2D eigenvalue weighted by Gasteiger charge is -2.31. The second-order valence-corrected chi connectivity index (χ2v) is 10.0. The highest BCUT2D eigenvalue weighted by Crippen LogP contribution is 2.44. The van der Waals surface area contributed by atoms with Crippen LogP contribution < -0.4 is 4.74 Å². The molecule has 0 spiro atoms. The molecule has 1 nitrogen and oxygen atoms in total. The molecule has 0 saturated heterocycles. The second kappa shape index (κ2) is 11.1. The largest absolute Gasteiger partial charge is 0.457 e. The van der Waals surface area contributed by atoms with Crippen LogP contribution in [-0.2, 0) is 0 Å². The van der Waals surface area contributed by atoms with Crippen LogP contribution in [0.25, 0.3) is 0 Å². The highest BCUT2D eigenvalue weighted by atomic mass is 19.2. The summed E-state index contributed by atoms with van der Waals surface area (Å²) in [5.41, 5.74) is 1.38. The quantitative estimate of drug-likeness (QED) is 0.359. The Morgan fingerprint density at radius 1 is 0.676 bits per heavy atom. The number of benzene rings is 2. The number of alkyl halides is 1. The van der Waals surface area contributed by atoms with Gasteiger partial charge in [0.2, 0.25) is 6.86 Å². The number of hydrogen-bond donors (Lipinski definition) is 0. The highest BCUT2D eigenvalue weighted by Gasteiger charge is 2.30. The predicted octanol–water partition coefficient (Wildman–Crippen LogP) is 9.06. The first-order chi connectivity index (χ1) is 16.4. The van der Waals surface area contributed by atoms with Crippen LogP contribution in [0.5, 0.6) is 5.75 Å². The summed E-state index contributed by atoms with van der Waals surface area (Å²) in [7, 11) is 0. The summed E-state index contributed by atoms with van der Waals surface area (Å²) in [5.74, 6) is -2.97. The molecule has 0 aliphatic heterocycles. The number of rotatable bonds is 7. The van der Waals surface area contributed by atoms with Gasteiger partial charge < -0.3 is 4.74 Å². The van der Waals surface area contributed by atoms with E-state index in [0.29, 0.717) is 31.2 Å². The first-order valence-electron chi connectivity index (χ1n) is 12.6. The van der Waals surface area contributed by atoms with Crippen LogP contribution in [0.2, 0.25) is 0 Å². The molecule has 4 rings (SSSR count). The van der Waals surface area contributed by atoms with Gasteiger partial charge in [-0.1, -0.05) is 19.8 Å². The molecule has 186 valence electrons. The van der Waals surface area contributed by atoms with Crippen molar-refractivity contribution in [3.63, 3.8) is 0 Å². The Morgan fingerprint density at radius 3 is 1.59 bits per heavy atom. The average Bonchev–Trinajstić information content (AvgIpc) is 2.82. The summed E-state index contributed by atoms with van der Waals surface area (Å²) < 4.78 is 75.2. The summed E-state index contributed by atoms with van der Waals surface area (Å²) in [4.78, 5) is 0. The van der Waals surface area contributed by atoms with E-state index in [9.17, 15) is 13.2 Å². The topological polar surface area (TPSA) is 9.23 Å². The molecule has 0 aromatic heterocycles. The average molecular weight is 481 g/mol. The molecular formula is C28H33F5O. The Labute approximate surface area is 198 Å². The van der Waals surface area contributed by atoms with Crippen LogP contribution in [-0.4, -0.2) is 6.86 Å². The van der Waals surface area contributed by atoms with Crippen LogP contribution in [0.1, 0.15) is 106 Å². The Morgan fingerprint density at radius 2 is 1.12 bits per heavy atom. The van der Waals surface area contributed by atoms with Crippen LogP contribution in [0.15, 0.2) is 24.3 Å². The van der Waals surface area contributed by atoms with E-state index in [0.717, 1.165) is 37.2 Å². The maximum absolute atomic E-state index is 15.1. The molecule has 0 bridgehead atoms. The number of ether oxygens (including phenoxy) is 1. The first-order valence-corrected chi connectivity index (χ1v) is 12.6. The van der Waals surface area contributed by atoms with Gasteiger partial charge in [0.25, 0.3) is 0 Å². The summed E-state index contributed by atoms with van der Waals surface area (Å²) in [5, 5.41) is 0. The van der Waals surface area contributed by atoms with Gasteiger partial charge in [-0.15, -0.1) is 0 Å². The van der Waals surface area contributed by atoms with E-state index >= 15 is 8.78 Å². The highest BCUT2D eigenvalue weighted by molar-refractivity contribution is 5.35. The molecule has 2 aliphatic carbocycles. The molecule has 2 aromatic carbocycles. The van der Waals surface area contributed by atoms with E-state index in [-0.39, 0.29) is 23.3 Å². The van der Waals surface area contributed by atoms with Crippen molar-refractivity contribution < 1.29 is 26.7 Å². The van der Waals surface area contributed by atoms with Gasteiger partial charge >= 0.3 is 0 Å². The van der Waals surface area contributed by atoms with Crippen molar-refractivity contribution in [3.8, 4) is 5.75 Å². The van der Waals surface area contributed by atoms with Crippen LogP contribution in [0, 0.1) is 29.2 Å². The zero-order chi connectivity index (χ0) is 24.2. The zero-order valence-electron chi connectivity index (χ0n) is 19.7. The predicted molar refractivity (Wildman–Crippen MR) is 123 cm³/mol. The van der Waals surface area contributed by atoms with Crippen molar-refractivity contribution in [1.82, 2.24) is 0 Å². The van der Waals surface area contributed by atoms with Gasteiger partial charge in [0.15, 0.2) is 17.4 Å². The fourth-order valence-electron chi connectivity index (χ4n) is 6.15. The molecule has 0 N–H and O–H groups in total. The fourth-order valence-corrected chi connectivity index (χ4v) is 6.15. The number of halogens is 5. The van der Waals surface area contributed by atoms with Gasteiger partial charge in [0, 0.05) is 5.56 Å². The molecule has 0 amide bonds. The van der Waals surface area contributed by atoms with E-state index in [1.807, 2.05) is 0 Å². The maximum Gasteiger partial charge on any atom is 0.228 e. The lowest BCUT2D eigenvalue weighted by atomic mass is 9.74. The lowest BCUT2D eigenvalue weighted by Crippen LogP contribution is -2.17. The Kier molecular flexibility index (Phi) is 8.15. The van der Waals surface area contributed by atoms with Crippen molar-refractivity contribution in [3.05, 3.63) is 64.2 Å². The van der Waals surface area contributed by atoms with Crippen molar-refractivity contribution in [2.24, 2.45) is 5.92 Å². The van der Waals surface area contributed by atoms with Gasteiger partial charge in [0.1, 0.15) is 11.6 Å². The molecule has 0 atom stereocenters. The zero-order valence-corrected chi connectivity index (χ0v) is 19.7. The SMILES string of the molecule is CCCC1CCC(c2cc(F)c(C3CCC(c4cc(F)c(OCF)c(F)c4)CC3)c(F)c2)CC1. The molecule has 2 fully saturated rings. The Bertz CT molecular complexity index is 929. The third kappa shape index (κ3) is 5.41. The number of hydrogen-bond acceptors (Lipinski definition) is 1. The minimum Gasteiger partial charge on any atom is -0.457 e. The molecule has 0 unspecified atom stereocenters. The monoisotopic (exact) mass is 480 g/mol. The minimum absolute atomic E-state index is 0.122. The molecule has 0 heterocycles. The lowest BCUT2D eigenvalue weighted by molar-refractivity contribution is 0.176. The molecule has 6 heteroatoms. The molecule has 34 heavy (non-hydrogen) atoms. The van der Waals surface area contributed by atoms with E-state index in [2.05, 4.69) is 11.7 Å². The minimum atomic E-state index is -1.31. The van der Waals surface area contributed by atoms with Gasteiger partial charge in [-0.3, -0.25) is 0 Å². The molecule has 0 radical (unpaired) electrons. The summed E-state index contributed by atoms with van der Waals surface area (Å²) in [6.45, 7) is 0.883.